The van der Waals surface area contributed by atoms with Gasteiger partial charge in [-0.05, 0) is 0 Å². The molecule has 0 spiro atoms. The van der Waals surface area contributed by atoms with Crippen molar-refractivity contribution in [1.82, 2.24) is 4.98 Å². The summed E-state index contributed by atoms with van der Waals surface area (Å²) in [6, 6.07) is 0. The van der Waals surface area contributed by atoms with Gasteiger partial charge in [0.05, 0.1) is 12.3 Å². The number of nitrogens with zero attached hydrogens (tertiary/aromatic N) is 1. The third-order valence-corrected chi connectivity index (χ3v) is 3.03. The maximum Gasteiger partial charge on any atom is 0.238 e. The third-order valence-electron chi connectivity index (χ3n) is 1.19. The first-order valence-corrected chi connectivity index (χ1v) is 6.71. The number of aromatic nitrogens is 1. The van der Waals surface area contributed by atoms with Crippen molar-refractivity contribution in [3.63, 3.8) is 0 Å². The van der Waals surface area contributed by atoms with Crippen LogP contribution >= 0.6 is 22.0 Å². The van der Waals surface area contributed by atoms with Crippen LogP contribution in [0.25, 0.3) is 0 Å². The first kappa shape index (κ1) is 10.9. The van der Waals surface area contributed by atoms with Gasteiger partial charge in [-0.2, -0.15) is 0 Å². The van der Waals surface area contributed by atoms with Crippen LogP contribution in [0.1, 0.15) is 10.7 Å². The topological polar surface area (TPSA) is 56.3 Å². The normalized spacial score (nSPS) is 11.8. The van der Waals surface area contributed by atoms with Crippen molar-refractivity contribution in [2.75, 3.05) is 7.11 Å². The Labute approximate surface area is 84.9 Å². The molecule has 0 saturated carbocycles. The molecule has 0 fully saturated rings. The molecule has 1 aromatic rings. The van der Waals surface area contributed by atoms with Gasteiger partial charge in [-0.1, -0.05) is 0 Å². The van der Waals surface area contributed by atoms with Gasteiger partial charge in [-0.3, -0.25) is 0 Å². The highest BCUT2D eigenvalue weighted by Gasteiger charge is 2.10. The lowest BCUT2D eigenvalue weighted by Crippen LogP contribution is -1.96. The Morgan fingerprint density at radius 2 is 2.38 bits per heavy atom. The van der Waals surface area contributed by atoms with E-state index in [0.717, 1.165) is 5.01 Å². The number of rotatable bonds is 4. The van der Waals surface area contributed by atoms with Crippen LogP contribution in [0.3, 0.4) is 0 Å². The van der Waals surface area contributed by atoms with Crippen LogP contribution in [-0.4, -0.2) is 20.5 Å². The second-order valence-electron chi connectivity index (χ2n) is 2.35. The van der Waals surface area contributed by atoms with E-state index in [1.807, 2.05) is 0 Å². The zero-order chi connectivity index (χ0) is 9.90. The highest BCUT2D eigenvalue weighted by atomic mass is 35.7. The number of thiazole rings is 1. The first-order chi connectivity index (χ1) is 6.01. The zero-order valence-electron chi connectivity index (χ0n) is 6.86. The van der Waals surface area contributed by atoms with Gasteiger partial charge in [0.2, 0.25) is 9.05 Å². The summed E-state index contributed by atoms with van der Waals surface area (Å²) >= 11 is 1.36. The van der Waals surface area contributed by atoms with Crippen LogP contribution in [0.4, 0.5) is 0 Å². The molecular weight excluding hydrogens is 234 g/mol. The smallest absolute Gasteiger partial charge is 0.238 e. The Kier molecular flexibility index (Phi) is 3.66. The highest BCUT2D eigenvalue weighted by molar-refractivity contribution is 8.13. The summed E-state index contributed by atoms with van der Waals surface area (Å²) in [7, 11) is 3.11. The molecule has 0 N–H and O–H groups in total. The van der Waals surface area contributed by atoms with Gasteiger partial charge < -0.3 is 4.74 Å². The van der Waals surface area contributed by atoms with Crippen molar-refractivity contribution in [2.24, 2.45) is 0 Å². The summed E-state index contributed by atoms with van der Waals surface area (Å²) < 4.78 is 26.2. The van der Waals surface area contributed by atoms with E-state index in [4.69, 9.17) is 15.4 Å². The van der Waals surface area contributed by atoms with E-state index >= 15 is 0 Å². The van der Waals surface area contributed by atoms with E-state index in [0.29, 0.717) is 12.3 Å². The van der Waals surface area contributed by atoms with Gasteiger partial charge in [0.1, 0.15) is 10.8 Å². The molecule has 0 aliphatic heterocycles. The van der Waals surface area contributed by atoms with Crippen molar-refractivity contribution in [1.29, 1.82) is 0 Å². The predicted octanol–water partition coefficient (Wildman–Crippen LogP) is 1.36. The summed E-state index contributed by atoms with van der Waals surface area (Å²) in [5, 5.41) is 2.41. The SMILES string of the molecule is COCc1nc(CS(=O)(=O)Cl)cs1. The van der Waals surface area contributed by atoms with E-state index < -0.39 is 9.05 Å². The van der Waals surface area contributed by atoms with Gasteiger partial charge in [0.25, 0.3) is 0 Å². The fourth-order valence-corrected chi connectivity index (χ4v) is 2.49. The molecular formula is C6H8ClNO3S2. The number of ether oxygens (including phenoxy) is 1. The van der Waals surface area contributed by atoms with Gasteiger partial charge in [-0.25, -0.2) is 13.4 Å². The molecule has 0 aliphatic carbocycles. The maximum atomic E-state index is 10.7. The van der Waals surface area contributed by atoms with Crippen molar-refractivity contribution in [3.8, 4) is 0 Å². The van der Waals surface area contributed by atoms with Crippen LogP contribution < -0.4 is 0 Å². The molecule has 1 aromatic heterocycles. The molecule has 0 aliphatic rings. The second kappa shape index (κ2) is 4.36. The minimum Gasteiger partial charge on any atom is -0.378 e. The molecule has 0 amide bonds. The van der Waals surface area contributed by atoms with Crippen molar-refractivity contribution < 1.29 is 13.2 Å². The molecule has 13 heavy (non-hydrogen) atoms. The molecule has 74 valence electrons. The maximum absolute atomic E-state index is 10.7. The largest absolute Gasteiger partial charge is 0.378 e. The van der Waals surface area contributed by atoms with Crippen LogP contribution in [0.15, 0.2) is 5.38 Å². The van der Waals surface area contributed by atoms with E-state index in [2.05, 4.69) is 4.98 Å². The molecule has 1 heterocycles. The van der Waals surface area contributed by atoms with Crippen molar-refractivity contribution >= 4 is 31.1 Å². The number of hydrogen-bond donors (Lipinski definition) is 0. The first-order valence-electron chi connectivity index (χ1n) is 3.36. The number of halogens is 1. The lowest BCUT2D eigenvalue weighted by molar-refractivity contribution is 0.184. The molecule has 7 heteroatoms. The Hall–Kier alpha value is -0.170. The Morgan fingerprint density at radius 3 is 2.92 bits per heavy atom. The molecule has 0 atom stereocenters. The molecule has 0 saturated heterocycles. The lowest BCUT2D eigenvalue weighted by atomic mass is 10.6. The quantitative estimate of drug-likeness (QED) is 0.747. The minimum atomic E-state index is -3.50. The Balaban J connectivity index is 2.69. The van der Waals surface area contributed by atoms with Crippen molar-refractivity contribution in [2.45, 2.75) is 12.4 Å². The Bertz CT molecular complexity index is 373. The van der Waals surface area contributed by atoms with Gasteiger partial charge in [0, 0.05) is 23.2 Å². The summed E-state index contributed by atoms with van der Waals surface area (Å²) in [5.74, 6) is -0.227. The third kappa shape index (κ3) is 4.04. The van der Waals surface area contributed by atoms with E-state index in [1.54, 1.807) is 12.5 Å². The average molecular weight is 242 g/mol. The van der Waals surface area contributed by atoms with Gasteiger partial charge >= 0.3 is 0 Å². The fourth-order valence-electron chi connectivity index (χ4n) is 0.782. The summed E-state index contributed by atoms with van der Waals surface area (Å²) in [4.78, 5) is 4.02. The van der Waals surface area contributed by atoms with Crippen LogP contribution in [0.2, 0.25) is 0 Å². The highest BCUT2D eigenvalue weighted by Crippen LogP contribution is 2.14. The van der Waals surface area contributed by atoms with Crippen LogP contribution in [0.5, 0.6) is 0 Å². The van der Waals surface area contributed by atoms with Crippen molar-refractivity contribution in [3.05, 3.63) is 16.1 Å². The average Bonchev–Trinajstić information content (AvgIpc) is 2.33. The van der Waals surface area contributed by atoms with Crippen LogP contribution in [0, 0.1) is 0 Å². The molecule has 0 radical (unpaired) electrons. The predicted molar refractivity (Wildman–Crippen MR) is 51.3 cm³/mol. The lowest BCUT2D eigenvalue weighted by Gasteiger charge is -1.91. The number of hydrogen-bond acceptors (Lipinski definition) is 5. The van der Waals surface area contributed by atoms with E-state index in [1.165, 1.54) is 11.3 Å². The molecule has 0 unspecified atom stereocenters. The molecule has 0 aromatic carbocycles. The standard InChI is InChI=1S/C6H8ClNO3S2/c1-11-2-6-8-5(3-12-6)4-13(7,9)10/h3H,2,4H2,1H3. The fraction of sp³-hybridized carbons (Fsp3) is 0.500. The van der Waals surface area contributed by atoms with E-state index in [9.17, 15) is 8.42 Å². The molecule has 0 bridgehead atoms. The van der Waals surface area contributed by atoms with E-state index in [-0.39, 0.29) is 5.75 Å². The number of methoxy groups -OCH3 is 1. The van der Waals surface area contributed by atoms with Crippen LogP contribution in [-0.2, 0) is 26.1 Å². The monoisotopic (exact) mass is 241 g/mol. The summed E-state index contributed by atoms with van der Waals surface area (Å²) in [5.41, 5.74) is 0.465. The molecule has 1 rings (SSSR count). The van der Waals surface area contributed by atoms with Gasteiger partial charge in [-0.15, -0.1) is 11.3 Å². The summed E-state index contributed by atoms with van der Waals surface area (Å²) in [6.45, 7) is 0.396. The second-order valence-corrected chi connectivity index (χ2v) is 6.07. The summed E-state index contributed by atoms with van der Waals surface area (Å²) in [6.07, 6.45) is 0. The minimum absolute atomic E-state index is 0.227. The zero-order valence-corrected chi connectivity index (χ0v) is 9.25. The molecule has 4 nitrogen and oxygen atoms in total. The van der Waals surface area contributed by atoms with Gasteiger partial charge in [0.15, 0.2) is 0 Å². The Morgan fingerprint density at radius 1 is 1.69 bits per heavy atom.